The number of aryl methyl sites for hydroxylation is 4. The molecule has 12 aromatic carbocycles. The molecule has 0 unspecified atom stereocenters. The zero-order valence-corrected chi connectivity index (χ0v) is 72.3. The topological polar surface area (TPSA) is 11.4 Å². The van der Waals surface area contributed by atoms with Gasteiger partial charge in [0, 0.05) is 64.9 Å². The quantitative estimate of drug-likeness (QED) is 0.0354. The molecule has 13 aromatic rings. The lowest BCUT2D eigenvalue weighted by Gasteiger charge is -2.33. The monoisotopic (exact) mass is 1630 g/mol. The first-order chi connectivity index (χ1) is 56.1. The Morgan fingerprint density at radius 2 is 0.658 bits per heavy atom. The number of hydrogen-bond donors (Lipinski definition) is 0. The summed E-state index contributed by atoms with van der Waals surface area (Å²) in [4.78, 5) is 4.99. The molecule has 1 aliphatic carbocycles. The fraction of sp³-hybridized carbons (Fsp3) is 0.339. The maximum absolute atomic E-state index is 4.09. The summed E-state index contributed by atoms with van der Waals surface area (Å²) in [5.41, 5.74) is 32.1. The van der Waals surface area contributed by atoms with Crippen molar-refractivity contribution in [1.82, 2.24) is 4.57 Å². The average molecular weight is 1630 g/mol. The fourth-order valence-electron chi connectivity index (χ4n) is 18.3. The minimum Gasteiger partial charge on any atom is -0.311 e. The normalized spacial score (nSPS) is 12.3. The first-order valence-corrected chi connectivity index (χ1v) is 45.8. The smallest absolute Gasteiger partial charge is 0.0547 e. The lowest BCUT2D eigenvalue weighted by atomic mass is 9.70. The van der Waals surface area contributed by atoms with E-state index in [1.165, 1.54) is 275 Å². The number of anilines is 6. The molecular weight excluding hydrogens is 1510 g/mol. The molecule has 0 fully saturated rings. The van der Waals surface area contributed by atoms with E-state index in [0.717, 1.165) is 71.4 Å². The van der Waals surface area contributed by atoms with Crippen LogP contribution in [-0.4, -0.2) is 4.57 Å². The zero-order valence-electron chi connectivity index (χ0n) is 69.1. The van der Waals surface area contributed by atoms with Crippen LogP contribution in [0.2, 0.25) is 0 Å². The summed E-state index contributed by atoms with van der Waals surface area (Å²) in [6, 6.07) is 101. The Morgan fingerprint density at radius 1 is 0.272 bits per heavy atom. The molecule has 0 saturated heterocycles. The molecule has 5 heteroatoms. The van der Waals surface area contributed by atoms with Crippen molar-refractivity contribution in [3.05, 3.63) is 303 Å². The highest BCUT2D eigenvalue weighted by Crippen LogP contribution is 2.57. The van der Waals surface area contributed by atoms with Gasteiger partial charge in [-0.1, -0.05) is 341 Å². The molecule has 0 saturated carbocycles. The van der Waals surface area contributed by atoms with E-state index >= 15 is 0 Å². The molecule has 0 radical (unpaired) electrons. The van der Waals surface area contributed by atoms with Crippen molar-refractivity contribution in [2.75, 3.05) is 9.80 Å². The molecule has 0 amide bonds. The number of benzene rings is 12. The molecule has 0 spiro atoms. The summed E-state index contributed by atoms with van der Waals surface area (Å²) in [5.74, 6) is 0. The largest absolute Gasteiger partial charge is 0.311 e. The number of halogens is 2. The fourth-order valence-corrected chi connectivity index (χ4v) is 18.9. The van der Waals surface area contributed by atoms with Gasteiger partial charge < -0.3 is 14.4 Å². The van der Waals surface area contributed by atoms with Crippen molar-refractivity contribution in [3.63, 3.8) is 0 Å². The van der Waals surface area contributed by atoms with Gasteiger partial charge in [0.25, 0.3) is 0 Å². The van der Waals surface area contributed by atoms with Crippen LogP contribution < -0.4 is 9.80 Å². The standard InChI is InChI=1S/C109H121Br2N3/c1-7-13-19-23-25-32-72-109(73-33-26-24-20-14-8-2)103-77-93(111)59-70-99(103)100-79-108-102(78-104(100)109)101-74-89(82-36-30-27-31-37-82)56-71-105(101)114(108)107-76-90(38-28-21-15-9-3)106(75-91(107)39-29-22-16-10-4)113(97-64-52-86(53-65-97)84-46-42-81(43-47-84)35-18-12-6)98-66-54-88(55-67-98)87-50-62-95(63-51-87)112(96-68-57-92(110)58-69-96)94-60-48-85(49-61-94)83-44-40-80(41-45-83)34-17-11-5/h27,30-31,36-37,40-71,74-79H,7-26,28-29,32-35,38-39,72-73H2,1-6H3. The summed E-state index contributed by atoms with van der Waals surface area (Å²) >= 11 is 7.83. The Kier molecular flexibility index (Phi) is 28.6. The second-order valence-corrected chi connectivity index (χ2v) is 34.7. The Morgan fingerprint density at radius 3 is 1.14 bits per heavy atom. The molecule has 114 heavy (non-hydrogen) atoms. The number of hydrogen-bond acceptors (Lipinski definition) is 2. The van der Waals surface area contributed by atoms with Gasteiger partial charge in [-0.05, 0) is 275 Å². The van der Waals surface area contributed by atoms with Crippen molar-refractivity contribution in [3.8, 4) is 61.3 Å². The van der Waals surface area contributed by atoms with E-state index in [1.54, 1.807) is 5.56 Å². The van der Waals surface area contributed by atoms with Gasteiger partial charge in [0.1, 0.15) is 0 Å². The van der Waals surface area contributed by atoms with E-state index in [2.05, 4.69) is 349 Å². The summed E-state index contributed by atoms with van der Waals surface area (Å²) in [7, 11) is 0. The molecule has 1 heterocycles. The Labute approximate surface area is 701 Å². The average Bonchev–Trinajstić information content (AvgIpc) is 1.54. The van der Waals surface area contributed by atoms with Crippen LogP contribution in [0.4, 0.5) is 34.1 Å². The molecule has 0 aliphatic heterocycles. The van der Waals surface area contributed by atoms with E-state index in [0.29, 0.717) is 0 Å². The number of aromatic nitrogens is 1. The van der Waals surface area contributed by atoms with E-state index in [9.17, 15) is 0 Å². The van der Waals surface area contributed by atoms with Crippen molar-refractivity contribution in [2.45, 2.75) is 240 Å². The zero-order chi connectivity index (χ0) is 78.6. The van der Waals surface area contributed by atoms with Gasteiger partial charge in [0.2, 0.25) is 0 Å². The summed E-state index contributed by atoms with van der Waals surface area (Å²) in [5, 5.41) is 2.70. The Bertz CT molecular complexity index is 5190. The van der Waals surface area contributed by atoms with Crippen LogP contribution >= 0.6 is 31.9 Å². The lowest BCUT2D eigenvalue weighted by molar-refractivity contribution is 0.398. The van der Waals surface area contributed by atoms with Gasteiger partial charge in [-0.15, -0.1) is 0 Å². The van der Waals surface area contributed by atoms with Crippen LogP contribution in [-0.2, 0) is 31.1 Å². The second kappa shape index (κ2) is 40.0. The number of rotatable bonds is 41. The minimum atomic E-state index is -0.0800. The summed E-state index contributed by atoms with van der Waals surface area (Å²) < 4.78 is 5.00. The van der Waals surface area contributed by atoms with Gasteiger partial charge in [-0.3, -0.25) is 0 Å². The summed E-state index contributed by atoms with van der Waals surface area (Å²) in [6.45, 7) is 13.9. The Hall–Kier alpha value is -9.00. The van der Waals surface area contributed by atoms with E-state index in [1.807, 2.05) is 0 Å². The van der Waals surface area contributed by atoms with E-state index in [-0.39, 0.29) is 5.41 Å². The van der Waals surface area contributed by atoms with Crippen LogP contribution in [0.15, 0.2) is 270 Å². The SMILES string of the molecule is CCCCCCCCC1(CCCCCCCC)c2cc(Br)ccc2-c2cc3c(cc21)c1cc(-c2ccccc2)ccc1n3-c1cc(CCCCCC)c(N(c2ccc(-c3ccc(CCCC)cc3)cc2)c2ccc(-c3ccc(N(c4ccc(Br)cc4)c4ccc(-c5ccc(CCCC)cc5)cc4)cc3)cc2)cc1CCCCCC. The highest BCUT2D eigenvalue weighted by Gasteiger charge is 2.43. The van der Waals surface area contributed by atoms with Gasteiger partial charge in [-0.2, -0.15) is 0 Å². The van der Waals surface area contributed by atoms with Gasteiger partial charge in [0.05, 0.1) is 11.0 Å². The van der Waals surface area contributed by atoms with Gasteiger partial charge >= 0.3 is 0 Å². The van der Waals surface area contributed by atoms with Crippen molar-refractivity contribution in [1.29, 1.82) is 0 Å². The summed E-state index contributed by atoms with van der Waals surface area (Å²) in [6.07, 6.45) is 36.3. The highest BCUT2D eigenvalue weighted by molar-refractivity contribution is 9.10. The highest BCUT2D eigenvalue weighted by atomic mass is 79.9. The van der Waals surface area contributed by atoms with Crippen LogP contribution in [0, 0.1) is 0 Å². The predicted molar refractivity (Wildman–Crippen MR) is 502 cm³/mol. The molecule has 0 atom stereocenters. The van der Waals surface area contributed by atoms with Crippen LogP contribution in [0.25, 0.3) is 83.1 Å². The van der Waals surface area contributed by atoms with E-state index < -0.39 is 0 Å². The molecule has 0 N–H and O–H groups in total. The lowest BCUT2D eigenvalue weighted by Crippen LogP contribution is -2.25. The van der Waals surface area contributed by atoms with E-state index in [4.69, 9.17) is 0 Å². The van der Waals surface area contributed by atoms with Crippen molar-refractivity contribution >= 4 is 87.8 Å². The third-order valence-corrected chi connectivity index (χ3v) is 25.7. The molecule has 1 aromatic heterocycles. The molecule has 3 nitrogen and oxygen atoms in total. The maximum atomic E-state index is 4.09. The second-order valence-electron chi connectivity index (χ2n) is 32.8. The van der Waals surface area contributed by atoms with Gasteiger partial charge in [-0.25, -0.2) is 0 Å². The first-order valence-electron chi connectivity index (χ1n) is 44.2. The van der Waals surface area contributed by atoms with Crippen molar-refractivity contribution in [2.24, 2.45) is 0 Å². The third kappa shape index (κ3) is 19.1. The first kappa shape index (κ1) is 81.6. The number of nitrogens with zero attached hydrogens (tertiary/aromatic N) is 3. The number of fused-ring (bicyclic) bond motifs is 6. The molecule has 0 bridgehead atoms. The van der Waals surface area contributed by atoms with Crippen LogP contribution in [0.1, 0.15) is 242 Å². The van der Waals surface area contributed by atoms with Crippen LogP contribution in [0.3, 0.4) is 0 Å². The molecule has 14 rings (SSSR count). The van der Waals surface area contributed by atoms with Crippen LogP contribution in [0.5, 0.6) is 0 Å². The molecule has 1 aliphatic rings. The molecule has 586 valence electrons. The van der Waals surface area contributed by atoms with Crippen molar-refractivity contribution < 1.29 is 0 Å². The minimum absolute atomic E-state index is 0.0800. The molecular formula is C109H121Br2N3. The number of unbranched alkanes of at least 4 members (excludes halogenated alkanes) is 18. The third-order valence-electron chi connectivity index (χ3n) is 24.7. The van der Waals surface area contributed by atoms with Gasteiger partial charge in [0.15, 0.2) is 0 Å². The Balaban J connectivity index is 0.914. The predicted octanol–water partition coefficient (Wildman–Crippen LogP) is 34.6. The maximum Gasteiger partial charge on any atom is 0.0547 e.